The van der Waals surface area contributed by atoms with E-state index in [2.05, 4.69) is 4.90 Å². The summed E-state index contributed by atoms with van der Waals surface area (Å²) in [7, 11) is 0. The van der Waals surface area contributed by atoms with Crippen LogP contribution in [0.4, 0.5) is 5.69 Å². The third-order valence-electron chi connectivity index (χ3n) is 6.15. The van der Waals surface area contributed by atoms with E-state index in [0.29, 0.717) is 24.1 Å². The maximum Gasteiger partial charge on any atom is 0.303 e. The number of carboxylic acids is 1. The van der Waals surface area contributed by atoms with Gasteiger partial charge in [-0.25, -0.2) is 0 Å². The summed E-state index contributed by atoms with van der Waals surface area (Å²) in [6.45, 7) is 2.40. The highest BCUT2D eigenvalue weighted by Crippen LogP contribution is 2.35. The molecule has 2 aliphatic rings. The Morgan fingerprint density at radius 2 is 1.66 bits per heavy atom. The molecule has 2 heterocycles. The maximum atomic E-state index is 13.6. The summed E-state index contributed by atoms with van der Waals surface area (Å²) >= 11 is 0. The molecular formula is C25H28N4O3. The number of carboxylic acid groups (broad SMARTS) is 1. The third kappa shape index (κ3) is 4.51. The number of nitrogens with zero attached hydrogens (tertiary/aromatic N) is 2. The smallest absolute Gasteiger partial charge is 0.303 e. The lowest BCUT2D eigenvalue weighted by Crippen LogP contribution is -2.33. The predicted molar refractivity (Wildman–Crippen MR) is 125 cm³/mol. The van der Waals surface area contributed by atoms with Crippen LogP contribution in [0.1, 0.15) is 42.4 Å². The standard InChI is InChI=1S/C25H28N4O3/c26-24(27)19-9-11-20(12-10-19)29-16-21(28-14-2-1-3-15-28)23(25(29)32)18-7-4-17(5-8-18)6-13-22(30)31/h4-5,7-12H,1-3,6,13-16H2,(H3,26,27)(H,30,31). The summed E-state index contributed by atoms with van der Waals surface area (Å²) in [5.74, 6) is -0.860. The number of rotatable bonds is 7. The molecule has 4 N–H and O–H groups in total. The van der Waals surface area contributed by atoms with E-state index < -0.39 is 5.97 Å². The van der Waals surface area contributed by atoms with Crippen LogP contribution in [0.3, 0.4) is 0 Å². The average molecular weight is 433 g/mol. The van der Waals surface area contributed by atoms with Crippen molar-refractivity contribution in [2.45, 2.75) is 32.1 Å². The summed E-state index contributed by atoms with van der Waals surface area (Å²) in [6.07, 6.45) is 4.00. The number of carbonyl (C=O) groups excluding carboxylic acids is 1. The number of nitrogen functional groups attached to an aromatic ring is 1. The SMILES string of the molecule is N=C(N)c1ccc(N2CC(N3CCCCC3)=C(c3ccc(CCC(=O)O)cc3)C2=O)cc1. The Hall–Kier alpha value is -3.61. The number of piperidine rings is 1. The minimum atomic E-state index is -0.818. The Bertz CT molecular complexity index is 1050. The van der Waals surface area contributed by atoms with Crippen molar-refractivity contribution < 1.29 is 14.7 Å². The fraction of sp³-hybridized carbons (Fsp3) is 0.320. The molecule has 2 aliphatic heterocycles. The van der Waals surface area contributed by atoms with Crippen LogP contribution in [-0.2, 0) is 16.0 Å². The highest BCUT2D eigenvalue weighted by molar-refractivity contribution is 6.29. The number of nitrogens with two attached hydrogens (primary N) is 1. The monoisotopic (exact) mass is 432 g/mol. The van der Waals surface area contributed by atoms with Crippen LogP contribution in [0, 0.1) is 5.41 Å². The van der Waals surface area contributed by atoms with Gasteiger partial charge in [-0.2, -0.15) is 0 Å². The first-order valence-electron chi connectivity index (χ1n) is 11.0. The lowest BCUT2D eigenvalue weighted by Gasteiger charge is -2.31. The van der Waals surface area contributed by atoms with Crippen molar-refractivity contribution in [1.29, 1.82) is 5.41 Å². The number of carbonyl (C=O) groups is 2. The van der Waals surface area contributed by atoms with Crippen LogP contribution in [-0.4, -0.2) is 47.4 Å². The van der Waals surface area contributed by atoms with Gasteiger partial charge in [-0.05, 0) is 61.1 Å². The van der Waals surface area contributed by atoms with Crippen molar-refractivity contribution in [3.05, 3.63) is 70.9 Å². The molecule has 32 heavy (non-hydrogen) atoms. The van der Waals surface area contributed by atoms with Gasteiger partial charge >= 0.3 is 5.97 Å². The normalized spacial score (nSPS) is 16.6. The van der Waals surface area contributed by atoms with Crippen LogP contribution in [0.5, 0.6) is 0 Å². The number of nitrogens with one attached hydrogen (secondary N) is 1. The van der Waals surface area contributed by atoms with E-state index >= 15 is 0 Å². The van der Waals surface area contributed by atoms with Crippen LogP contribution in [0.15, 0.2) is 54.2 Å². The summed E-state index contributed by atoms with van der Waals surface area (Å²) in [6, 6.07) is 14.9. The quantitative estimate of drug-likeness (QED) is 0.460. The molecular weight excluding hydrogens is 404 g/mol. The fourth-order valence-corrected chi connectivity index (χ4v) is 4.39. The van der Waals surface area contributed by atoms with Crippen molar-refractivity contribution in [3.8, 4) is 0 Å². The minimum absolute atomic E-state index is 0.0000982. The molecule has 0 atom stereocenters. The molecule has 0 spiro atoms. The number of benzene rings is 2. The molecule has 0 saturated carbocycles. The second kappa shape index (κ2) is 9.26. The van der Waals surface area contributed by atoms with E-state index in [0.717, 1.165) is 48.4 Å². The number of hydrogen-bond donors (Lipinski definition) is 3. The lowest BCUT2D eigenvalue weighted by molar-refractivity contribution is -0.137. The van der Waals surface area contributed by atoms with Gasteiger partial charge in [0.2, 0.25) is 0 Å². The molecule has 4 rings (SSSR count). The number of amides is 1. The Balaban J connectivity index is 1.65. The van der Waals surface area contributed by atoms with Gasteiger partial charge in [0.05, 0.1) is 12.1 Å². The van der Waals surface area contributed by atoms with Crippen molar-refractivity contribution in [2.24, 2.45) is 5.73 Å². The second-order valence-electron chi connectivity index (χ2n) is 8.31. The third-order valence-corrected chi connectivity index (χ3v) is 6.15. The van der Waals surface area contributed by atoms with Crippen LogP contribution < -0.4 is 10.6 Å². The molecule has 0 aromatic heterocycles. The van der Waals surface area contributed by atoms with Gasteiger partial charge in [-0.15, -0.1) is 0 Å². The van der Waals surface area contributed by atoms with Gasteiger partial charge in [0.25, 0.3) is 5.91 Å². The first-order valence-corrected chi connectivity index (χ1v) is 11.0. The summed E-state index contributed by atoms with van der Waals surface area (Å²) < 4.78 is 0. The number of hydrogen-bond acceptors (Lipinski definition) is 4. The molecule has 1 saturated heterocycles. The molecule has 0 radical (unpaired) electrons. The van der Waals surface area contributed by atoms with Crippen LogP contribution >= 0.6 is 0 Å². The topological polar surface area (TPSA) is 111 Å². The maximum absolute atomic E-state index is 13.6. The Morgan fingerprint density at radius 1 is 1.00 bits per heavy atom. The molecule has 0 bridgehead atoms. The molecule has 1 fully saturated rings. The molecule has 2 aromatic rings. The molecule has 7 nitrogen and oxygen atoms in total. The molecule has 7 heteroatoms. The predicted octanol–water partition coefficient (Wildman–Crippen LogP) is 3.23. The van der Waals surface area contributed by atoms with Gasteiger partial charge in [0, 0.05) is 36.5 Å². The Labute approximate surface area is 187 Å². The number of aryl methyl sites for hydroxylation is 1. The van der Waals surface area contributed by atoms with Gasteiger partial charge in [-0.3, -0.25) is 15.0 Å². The largest absolute Gasteiger partial charge is 0.481 e. The molecule has 0 aliphatic carbocycles. The highest BCUT2D eigenvalue weighted by atomic mass is 16.4. The van der Waals surface area contributed by atoms with Crippen LogP contribution in [0.25, 0.3) is 5.57 Å². The number of aliphatic carboxylic acids is 1. The molecule has 166 valence electrons. The summed E-state index contributed by atoms with van der Waals surface area (Å²) in [5.41, 5.74) is 10.5. The van der Waals surface area contributed by atoms with E-state index in [1.54, 1.807) is 17.0 Å². The van der Waals surface area contributed by atoms with Crippen molar-refractivity contribution >= 4 is 29.0 Å². The second-order valence-corrected chi connectivity index (χ2v) is 8.31. The summed E-state index contributed by atoms with van der Waals surface area (Å²) in [4.78, 5) is 28.5. The van der Waals surface area contributed by atoms with E-state index in [1.165, 1.54) is 6.42 Å². The zero-order valence-corrected chi connectivity index (χ0v) is 18.0. The number of likely N-dealkylation sites (tertiary alicyclic amines) is 1. The van der Waals surface area contributed by atoms with Gasteiger partial charge in [0.1, 0.15) is 5.84 Å². The number of amidine groups is 1. The zero-order chi connectivity index (χ0) is 22.7. The van der Waals surface area contributed by atoms with Gasteiger partial charge in [-0.1, -0.05) is 24.3 Å². The molecule has 1 amide bonds. The Morgan fingerprint density at radius 3 is 2.25 bits per heavy atom. The molecule has 0 unspecified atom stereocenters. The first-order chi connectivity index (χ1) is 15.4. The summed E-state index contributed by atoms with van der Waals surface area (Å²) in [5, 5.41) is 16.5. The first kappa shape index (κ1) is 21.6. The highest BCUT2D eigenvalue weighted by Gasteiger charge is 2.35. The fourth-order valence-electron chi connectivity index (χ4n) is 4.39. The minimum Gasteiger partial charge on any atom is -0.481 e. The van der Waals surface area contributed by atoms with Crippen LogP contribution in [0.2, 0.25) is 0 Å². The van der Waals surface area contributed by atoms with E-state index in [9.17, 15) is 9.59 Å². The van der Waals surface area contributed by atoms with Crippen molar-refractivity contribution in [1.82, 2.24) is 4.90 Å². The average Bonchev–Trinajstić information content (AvgIpc) is 3.15. The molecule has 2 aromatic carbocycles. The lowest BCUT2D eigenvalue weighted by atomic mass is 10.00. The van der Waals surface area contributed by atoms with E-state index in [-0.39, 0.29) is 18.2 Å². The van der Waals surface area contributed by atoms with Gasteiger partial charge < -0.3 is 20.6 Å². The van der Waals surface area contributed by atoms with E-state index in [1.807, 2.05) is 36.4 Å². The Kier molecular flexibility index (Phi) is 6.25. The van der Waals surface area contributed by atoms with Gasteiger partial charge in [0.15, 0.2) is 0 Å². The zero-order valence-electron chi connectivity index (χ0n) is 18.0. The number of anilines is 1. The van der Waals surface area contributed by atoms with Crippen molar-refractivity contribution in [3.63, 3.8) is 0 Å². The van der Waals surface area contributed by atoms with E-state index in [4.69, 9.17) is 16.2 Å². The van der Waals surface area contributed by atoms with Crippen molar-refractivity contribution in [2.75, 3.05) is 24.5 Å².